The highest BCUT2D eigenvalue weighted by molar-refractivity contribution is 5.27. The molecule has 0 amide bonds. The molecule has 0 spiro atoms. The van der Waals surface area contributed by atoms with Crippen molar-refractivity contribution in [3.8, 4) is 6.07 Å². The van der Waals surface area contributed by atoms with E-state index in [9.17, 15) is 4.79 Å². The zero-order valence-electron chi connectivity index (χ0n) is 7.16. The number of aromatic nitrogens is 1. The van der Waals surface area contributed by atoms with Gasteiger partial charge in [-0.2, -0.15) is 5.26 Å². The van der Waals surface area contributed by atoms with Gasteiger partial charge in [0.2, 0.25) is 0 Å². The molecule has 0 atom stereocenters. The minimum absolute atomic E-state index is 0.194. The van der Waals surface area contributed by atoms with Crippen LogP contribution in [-0.4, -0.2) is 4.57 Å². The molecular weight excluding hydrogens is 152 g/mol. The summed E-state index contributed by atoms with van der Waals surface area (Å²) in [5, 5.41) is 8.57. The van der Waals surface area contributed by atoms with Crippen LogP contribution in [0.15, 0.2) is 16.9 Å². The smallest absolute Gasteiger partial charge is 0.268 e. The van der Waals surface area contributed by atoms with Crippen LogP contribution in [0.3, 0.4) is 0 Å². The fraction of sp³-hybridized carbons (Fsp3) is 0.333. The molecule has 3 nitrogen and oxygen atoms in total. The molecule has 0 aliphatic heterocycles. The molecule has 1 aromatic rings. The van der Waals surface area contributed by atoms with Gasteiger partial charge in [-0.1, -0.05) is 0 Å². The molecule has 0 unspecified atom stereocenters. The molecule has 0 fully saturated rings. The highest BCUT2D eigenvalue weighted by atomic mass is 16.1. The highest BCUT2D eigenvalue weighted by Crippen LogP contribution is 1.96. The predicted molar refractivity (Wildman–Crippen MR) is 45.8 cm³/mol. The summed E-state index contributed by atoms with van der Waals surface area (Å²) in [6, 6.07) is 5.20. The maximum atomic E-state index is 11.4. The lowest BCUT2D eigenvalue weighted by molar-refractivity contribution is 0.698. The van der Waals surface area contributed by atoms with Crippen LogP contribution in [0.2, 0.25) is 0 Å². The van der Waals surface area contributed by atoms with E-state index in [0.717, 1.165) is 5.69 Å². The molecule has 0 saturated carbocycles. The van der Waals surface area contributed by atoms with Gasteiger partial charge in [-0.15, -0.1) is 0 Å². The van der Waals surface area contributed by atoms with Gasteiger partial charge in [-0.05, 0) is 26.0 Å². The maximum absolute atomic E-state index is 11.4. The van der Waals surface area contributed by atoms with E-state index in [-0.39, 0.29) is 11.1 Å². The molecule has 1 rings (SSSR count). The average molecular weight is 162 g/mol. The molecule has 62 valence electrons. The third-order valence-electron chi connectivity index (χ3n) is 1.83. The first-order chi connectivity index (χ1) is 5.70. The molecule has 1 aromatic heterocycles. The summed E-state index contributed by atoms with van der Waals surface area (Å²) < 4.78 is 1.58. The topological polar surface area (TPSA) is 45.8 Å². The molecule has 1 heterocycles. The fourth-order valence-corrected chi connectivity index (χ4v) is 1.15. The number of hydrogen-bond donors (Lipinski definition) is 0. The van der Waals surface area contributed by atoms with Crippen molar-refractivity contribution in [1.82, 2.24) is 4.57 Å². The summed E-state index contributed by atoms with van der Waals surface area (Å²) in [6.07, 6.45) is 0. The van der Waals surface area contributed by atoms with Crippen molar-refractivity contribution < 1.29 is 0 Å². The van der Waals surface area contributed by atoms with Crippen LogP contribution >= 0.6 is 0 Å². The van der Waals surface area contributed by atoms with Gasteiger partial charge in [0, 0.05) is 12.2 Å². The zero-order chi connectivity index (χ0) is 9.14. The molecule has 12 heavy (non-hydrogen) atoms. The van der Waals surface area contributed by atoms with Gasteiger partial charge in [-0.3, -0.25) is 4.79 Å². The number of pyridine rings is 1. The van der Waals surface area contributed by atoms with Gasteiger partial charge >= 0.3 is 0 Å². The Morgan fingerprint density at radius 1 is 1.58 bits per heavy atom. The van der Waals surface area contributed by atoms with Crippen molar-refractivity contribution in [2.45, 2.75) is 20.4 Å². The molecular formula is C9H10N2O. The van der Waals surface area contributed by atoms with Crippen LogP contribution in [-0.2, 0) is 6.54 Å². The zero-order valence-corrected chi connectivity index (χ0v) is 7.16. The van der Waals surface area contributed by atoms with Crippen molar-refractivity contribution >= 4 is 0 Å². The first-order valence-electron chi connectivity index (χ1n) is 3.81. The molecule has 0 aliphatic carbocycles. The molecule has 0 bridgehead atoms. The molecule has 3 heteroatoms. The van der Waals surface area contributed by atoms with E-state index in [0.29, 0.717) is 6.54 Å². The van der Waals surface area contributed by atoms with E-state index in [1.807, 2.05) is 19.9 Å². The van der Waals surface area contributed by atoms with Gasteiger partial charge in [0.05, 0.1) is 0 Å². The Labute approximate surface area is 70.9 Å². The number of nitriles is 1. The third-order valence-corrected chi connectivity index (χ3v) is 1.83. The van der Waals surface area contributed by atoms with Crippen LogP contribution in [0.1, 0.15) is 18.2 Å². The SMILES string of the molecule is CCn1c(C)ccc(C#N)c1=O. The predicted octanol–water partition coefficient (Wildman–Crippen LogP) is 1.05. The highest BCUT2D eigenvalue weighted by Gasteiger charge is 2.02. The Balaban J connectivity index is 3.48. The monoisotopic (exact) mass is 162 g/mol. The molecule has 0 aromatic carbocycles. The van der Waals surface area contributed by atoms with Gasteiger partial charge in [0.1, 0.15) is 11.6 Å². The number of nitrogens with zero attached hydrogens (tertiary/aromatic N) is 2. The Bertz CT molecular complexity index is 384. The molecule has 0 aliphatic rings. The van der Waals surface area contributed by atoms with E-state index >= 15 is 0 Å². The normalized spacial score (nSPS) is 9.42. The van der Waals surface area contributed by atoms with Crippen LogP contribution in [0, 0.1) is 18.3 Å². The van der Waals surface area contributed by atoms with E-state index in [1.165, 1.54) is 0 Å². The first-order valence-corrected chi connectivity index (χ1v) is 3.81. The van der Waals surface area contributed by atoms with Crippen LogP contribution in [0.4, 0.5) is 0 Å². The Morgan fingerprint density at radius 2 is 2.25 bits per heavy atom. The van der Waals surface area contributed by atoms with Crippen LogP contribution in [0.5, 0.6) is 0 Å². The second kappa shape index (κ2) is 3.22. The van der Waals surface area contributed by atoms with E-state index < -0.39 is 0 Å². The van der Waals surface area contributed by atoms with Crippen molar-refractivity contribution in [2.75, 3.05) is 0 Å². The standard InChI is InChI=1S/C9H10N2O/c1-3-11-7(2)4-5-8(6-10)9(11)12/h4-5H,3H2,1-2H3. The van der Waals surface area contributed by atoms with Gasteiger partial charge < -0.3 is 4.57 Å². The fourth-order valence-electron chi connectivity index (χ4n) is 1.15. The summed E-state index contributed by atoms with van der Waals surface area (Å²) in [4.78, 5) is 11.4. The van der Waals surface area contributed by atoms with E-state index in [2.05, 4.69) is 0 Å². The second-order valence-electron chi connectivity index (χ2n) is 2.55. The maximum Gasteiger partial charge on any atom is 0.268 e. The average Bonchev–Trinajstić information content (AvgIpc) is 2.06. The number of aryl methyl sites for hydroxylation is 1. The Hall–Kier alpha value is -1.56. The summed E-state index contributed by atoms with van der Waals surface area (Å²) in [6.45, 7) is 4.35. The molecule has 0 N–H and O–H groups in total. The summed E-state index contributed by atoms with van der Waals surface area (Å²) in [7, 11) is 0. The Morgan fingerprint density at radius 3 is 2.75 bits per heavy atom. The Kier molecular flexibility index (Phi) is 2.29. The lowest BCUT2D eigenvalue weighted by atomic mass is 10.2. The van der Waals surface area contributed by atoms with Crippen molar-refractivity contribution in [3.05, 3.63) is 33.7 Å². The van der Waals surface area contributed by atoms with E-state index in [4.69, 9.17) is 5.26 Å². The molecule has 0 radical (unpaired) electrons. The van der Waals surface area contributed by atoms with E-state index in [1.54, 1.807) is 16.7 Å². The largest absolute Gasteiger partial charge is 0.312 e. The quantitative estimate of drug-likeness (QED) is 0.619. The van der Waals surface area contributed by atoms with Crippen molar-refractivity contribution in [3.63, 3.8) is 0 Å². The van der Waals surface area contributed by atoms with Crippen LogP contribution < -0.4 is 5.56 Å². The first kappa shape index (κ1) is 8.54. The van der Waals surface area contributed by atoms with Gasteiger partial charge in [0.15, 0.2) is 0 Å². The molecule has 0 saturated heterocycles. The minimum Gasteiger partial charge on any atom is -0.312 e. The minimum atomic E-state index is -0.194. The summed E-state index contributed by atoms with van der Waals surface area (Å²) in [5.74, 6) is 0. The van der Waals surface area contributed by atoms with Crippen LogP contribution in [0.25, 0.3) is 0 Å². The van der Waals surface area contributed by atoms with Crippen molar-refractivity contribution in [2.24, 2.45) is 0 Å². The number of hydrogen-bond acceptors (Lipinski definition) is 2. The lowest BCUT2D eigenvalue weighted by Gasteiger charge is -2.05. The number of rotatable bonds is 1. The van der Waals surface area contributed by atoms with Crippen molar-refractivity contribution in [1.29, 1.82) is 5.26 Å². The lowest BCUT2D eigenvalue weighted by Crippen LogP contribution is -2.23. The summed E-state index contributed by atoms with van der Waals surface area (Å²) >= 11 is 0. The van der Waals surface area contributed by atoms with Gasteiger partial charge in [0.25, 0.3) is 5.56 Å². The third kappa shape index (κ3) is 1.24. The summed E-state index contributed by atoms with van der Waals surface area (Å²) in [5.41, 5.74) is 0.906. The second-order valence-corrected chi connectivity index (χ2v) is 2.55. The van der Waals surface area contributed by atoms with Gasteiger partial charge in [-0.25, -0.2) is 0 Å².